The first-order valence-electron chi connectivity index (χ1n) is 7.18. The molecule has 0 spiro atoms. The van der Waals surface area contributed by atoms with Crippen molar-refractivity contribution < 1.29 is 0 Å². The Morgan fingerprint density at radius 1 is 1.42 bits per heavy atom. The Hall–Kier alpha value is -1.71. The molecule has 0 radical (unpaired) electrons. The van der Waals surface area contributed by atoms with Gasteiger partial charge in [0.2, 0.25) is 0 Å². The van der Waals surface area contributed by atoms with E-state index in [-0.39, 0.29) is 0 Å². The molecule has 0 aliphatic heterocycles. The van der Waals surface area contributed by atoms with E-state index in [1.807, 2.05) is 6.07 Å². The van der Waals surface area contributed by atoms with Crippen LogP contribution >= 0.6 is 0 Å². The zero-order valence-electron chi connectivity index (χ0n) is 11.6. The van der Waals surface area contributed by atoms with Gasteiger partial charge in [0.1, 0.15) is 0 Å². The van der Waals surface area contributed by atoms with E-state index in [4.69, 9.17) is 5.73 Å². The number of nitrogens with zero attached hydrogens (tertiary/aromatic N) is 1. The van der Waals surface area contributed by atoms with Crippen molar-refractivity contribution in [1.29, 1.82) is 0 Å². The summed E-state index contributed by atoms with van der Waals surface area (Å²) in [5.41, 5.74) is 9.01. The van der Waals surface area contributed by atoms with Gasteiger partial charge in [0.05, 0.1) is 23.1 Å². The molecule has 1 saturated carbocycles. The van der Waals surface area contributed by atoms with Crippen LogP contribution in [0.15, 0.2) is 18.3 Å². The molecule has 1 heterocycles. The van der Waals surface area contributed by atoms with Crippen LogP contribution in [0.2, 0.25) is 0 Å². The topological polar surface area (TPSA) is 66.7 Å². The Balaban J connectivity index is 1.83. The van der Waals surface area contributed by atoms with Gasteiger partial charge >= 0.3 is 0 Å². The van der Waals surface area contributed by atoms with Gasteiger partial charge in [-0.1, -0.05) is 20.3 Å². The standard InChI is InChI=1S/C15H22N4/c1-3-10-4-5-13(9(10)2)18-15-7-14-11(6-12(15)16)8-17-19-14/h6-10,13,18H,3-5,16H2,1-2H3,(H,17,19). The van der Waals surface area contributed by atoms with Crippen LogP contribution in [0.3, 0.4) is 0 Å². The summed E-state index contributed by atoms with van der Waals surface area (Å²) in [5, 5.41) is 11.7. The van der Waals surface area contributed by atoms with Gasteiger partial charge in [-0.2, -0.15) is 5.10 Å². The largest absolute Gasteiger partial charge is 0.397 e. The molecule has 102 valence electrons. The number of anilines is 2. The molecular weight excluding hydrogens is 236 g/mol. The lowest BCUT2D eigenvalue weighted by Crippen LogP contribution is -2.25. The summed E-state index contributed by atoms with van der Waals surface area (Å²) in [4.78, 5) is 0. The van der Waals surface area contributed by atoms with Gasteiger partial charge in [-0.05, 0) is 36.8 Å². The molecule has 0 bridgehead atoms. The van der Waals surface area contributed by atoms with E-state index >= 15 is 0 Å². The number of nitrogen functional groups attached to an aromatic ring is 1. The van der Waals surface area contributed by atoms with Crippen molar-refractivity contribution in [3.05, 3.63) is 18.3 Å². The molecule has 1 fully saturated rings. The fourth-order valence-electron chi connectivity index (χ4n) is 3.36. The van der Waals surface area contributed by atoms with E-state index in [1.54, 1.807) is 6.20 Å². The lowest BCUT2D eigenvalue weighted by Gasteiger charge is -2.23. The number of hydrogen-bond donors (Lipinski definition) is 3. The number of rotatable bonds is 3. The van der Waals surface area contributed by atoms with Crippen LogP contribution in [0, 0.1) is 11.8 Å². The first-order chi connectivity index (χ1) is 9.19. The van der Waals surface area contributed by atoms with Crippen LogP contribution in [0.1, 0.15) is 33.1 Å². The molecule has 0 amide bonds. The minimum atomic E-state index is 0.535. The minimum Gasteiger partial charge on any atom is -0.397 e. The number of H-pyrrole nitrogens is 1. The van der Waals surface area contributed by atoms with E-state index < -0.39 is 0 Å². The zero-order chi connectivity index (χ0) is 13.4. The molecule has 1 aromatic heterocycles. The lowest BCUT2D eigenvalue weighted by atomic mass is 9.93. The highest BCUT2D eigenvalue weighted by Gasteiger charge is 2.31. The number of fused-ring (bicyclic) bond motifs is 1. The highest BCUT2D eigenvalue weighted by atomic mass is 15.1. The third-order valence-electron chi connectivity index (χ3n) is 4.70. The first kappa shape index (κ1) is 12.3. The number of aromatic nitrogens is 2. The van der Waals surface area contributed by atoms with Gasteiger partial charge in [0.25, 0.3) is 0 Å². The molecule has 2 aromatic rings. The summed E-state index contributed by atoms with van der Waals surface area (Å²) >= 11 is 0. The molecular formula is C15H22N4. The summed E-state index contributed by atoms with van der Waals surface area (Å²) in [6.07, 6.45) is 5.64. The van der Waals surface area contributed by atoms with E-state index in [0.717, 1.165) is 28.2 Å². The maximum atomic E-state index is 6.13. The third-order valence-corrected chi connectivity index (χ3v) is 4.70. The van der Waals surface area contributed by atoms with Gasteiger partial charge < -0.3 is 11.1 Å². The summed E-state index contributed by atoms with van der Waals surface area (Å²) in [7, 11) is 0. The predicted molar refractivity (Wildman–Crippen MR) is 80.1 cm³/mol. The number of nitrogens with one attached hydrogen (secondary N) is 2. The molecule has 4 nitrogen and oxygen atoms in total. The van der Waals surface area contributed by atoms with Crippen molar-refractivity contribution in [3.63, 3.8) is 0 Å². The molecule has 1 aliphatic carbocycles. The van der Waals surface area contributed by atoms with Gasteiger partial charge in [0.15, 0.2) is 0 Å². The van der Waals surface area contributed by atoms with E-state index in [9.17, 15) is 0 Å². The molecule has 1 aromatic carbocycles. The molecule has 4 N–H and O–H groups in total. The fraction of sp³-hybridized carbons (Fsp3) is 0.533. The average molecular weight is 258 g/mol. The number of nitrogens with two attached hydrogens (primary N) is 1. The highest BCUT2D eigenvalue weighted by Crippen LogP contribution is 2.37. The molecule has 3 rings (SSSR count). The highest BCUT2D eigenvalue weighted by molar-refractivity contribution is 5.88. The lowest BCUT2D eigenvalue weighted by molar-refractivity contribution is 0.392. The average Bonchev–Trinajstić information content (AvgIpc) is 2.97. The molecule has 4 heteroatoms. The van der Waals surface area contributed by atoms with Crippen molar-refractivity contribution in [2.75, 3.05) is 11.1 Å². The second-order valence-electron chi connectivity index (χ2n) is 5.75. The van der Waals surface area contributed by atoms with Crippen molar-refractivity contribution in [3.8, 4) is 0 Å². The Morgan fingerprint density at radius 3 is 3.00 bits per heavy atom. The molecule has 1 aliphatic rings. The Bertz CT molecular complexity index is 575. The van der Waals surface area contributed by atoms with Gasteiger partial charge in [-0.15, -0.1) is 0 Å². The maximum absolute atomic E-state index is 6.13. The monoisotopic (exact) mass is 258 g/mol. The molecule has 3 unspecified atom stereocenters. The smallest absolute Gasteiger partial charge is 0.0672 e. The maximum Gasteiger partial charge on any atom is 0.0672 e. The van der Waals surface area contributed by atoms with Crippen LogP contribution in [0.5, 0.6) is 0 Å². The predicted octanol–water partition coefficient (Wildman–Crippen LogP) is 3.38. The number of benzene rings is 1. The molecule has 3 atom stereocenters. The normalized spacial score (nSPS) is 26.9. The van der Waals surface area contributed by atoms with Crippen molar-refractivity contribution in [1.82, 2.24) is 10.2 Å². The van der Waals surface area contributed by atoms with Crippen LogP contribution < -0.4 is 11.1 Å². The Kier molecular flexibility index (Phi) is 3.09. The Labute approximate surface area is 113 Å². The van der Waals surface area contributed by atoms with Crippen LogP contribution in [-0.2, 0) is 0 Å². The van der Waals surface area contributed by atoms with E-state index in [1.165, 1.54) is 19.3 Å². The summed E-state index contributed by atoms with van der Waals surface area (Å²) in [6, 6.07) is 4.59. The van der Waals surface area contributed by atoms with Crippen molar-refractivity contribution in [2.45, 2.75) is 39.2 Å². The first-order valence-corrected chi connectivity index (χ1v) is 7.18. The zero-order valence-corrected chi connectivity index (χ0v) is 11.6. The summed E-state index contributed by atoms with van der Waals surface area (Å²) < 4.78 is 0. The van der Waals surface area contributed by atoms with Crippen LogP contribution in [0.4, 0.5) is 11.4 Å². The quantitative estimate of drug-likeness (QED) is 0.739. The van der Waals surface area contributed by atoms with Gasteiger partial charge in [0, 0.05) is 11.4 Å². The number of aromatic amines is 1. The second-order valence-corrected chi connectivity index (χ2v) is 5.75. The third kappa shape index (κ3) is 2.15. The number of hydrogen-bond acceptors (Lipinski definition) is 3. The molecule has 19 heavy (non-hydrogen) atoms. The summed E-state index contributed by atoms with van der Waals surface area (Å²) in [6.45, 7) is 4.64. The van der Waals surface area contributed by atoms with E-state index in [2.05, 4.69) is 35.4 Å². The van der Waals surface area contributed by atoms with E-state index in [0.29, 0.717) is 12.0 Å². The Morgan fingerprint density at radius 2 is 2.26 bits per heavy atom. The van der Waals surface area contributed by atoms with Gasteiger partial charge in [-0.25, -0.2) is 0 Å². The second kappa shape index (κ2) is 4.76. The van der Waals surface area contributed by atoms with Crippen LogP contribution in [0.25, 0.3) is 10.9 Å². The van der Waals surface area contributed by atoms with Gasteiger partial charge in [-0.3, -0.25) is 5.10 Å². The SMILES string of the molecule is CCC1CCC(Nc2cc3[nH]ncc3cc2N)C1C. The summed E-state index contributed by atoms with van der Waals surface area (Å²) in [5.74, 6) is 1.55. The van der Waals surface area contributed by atoms with Crippen LogP contribution in [-0.4, -0.2) is 16.2 Å². The minimum absolute atomic E-state index is 0.535. The fourth-order valence-corrected chi connectivity index (χ4v) is 3.36. The van der Waals surface area contributed by atoms with Crippen molar-refractivity contribution in [2.24, 2.45) is 11.8 Å². The molecule has 0 saturated heterocycles. The van der Waals surface area contributed by atoms with Crippen molar-refractivity contribution >= 4 is 22.3 Å².